The Bertz CT molecular complexity index is 418. The second-order valence-corrected chi connectivity index (χ2v) is 6.26. The Labute approximate surface area is 128 Å². The summed E-state index contributed by atoms with van der Waals surface area (Å²) in [7, 11) is 0. The molecule has 2 N–H and O–H groups in total. The van der Waals surface area contributed by atoms with Crippen LogP contribution in [-0.4, -0.2) is 28.5 Å². The van der Waals surface area contributed by atoms with Gasteiger partial charge >= 0.3 is 0 Å². The number of aliphatic hydroxyl groups is 2. The lowest BCUT2D eigenvalue weighted by molar-refractivity contribution is 0.0160. The number of hydrogen-bond donors (Lipinski definition) is 2. The molecular weight excluding hydrogens is 264 g/mol. The van der Waals surface area contributed by atoms with E-state index in [1.54, 1.807) is 13.8 Å². The molecule has 0 aliphatic carbocycles. The van der Waals surface area contributed by atoms with Gasteiger partial charge in [0.25, 0.3) is 0 Å². The molecule has 0 saturated carbocycles. The average Bonchev–Trinajstić information content (AvgIpc) is 2.41. The average molecular weight is 292 g/mol. The Morgan fingerprint density at radius 3 is 2.57 bits per heavy atom. The van der Waals surface area contributed by atoms with Crippen LogP contribution >= 0.6 is 0 Å². The van der Waals surface area contributed by atoms with Crippen molar-refractivity contribution in [1.82, 2.24) is 0 Å². The van der Waals surface area contributed by atoms with Crippen molar-refractivity contribution in [1.29, 1.82) is 0 Å². The number of hydrogen-bond acceptors (Lipinski definition) is 3. The quantitative estimate of drug-likeness (QED) is 0.541. The van der Waals surface area contributed by atoms with E-state index in [1.165, 1.54) is 11.1 Å². The monoisotopic (exact) mass is 292 g/mol. The first-order valence-electron chi connectivity index (χ1n) is 7.54. The predicted molar refractivity (Wildman–Crippen MR) is 86.0 cm³/mol. The molecule has 0 bridgehead atoms. The molecule has 0 saturated heterocycles. The van der Waals surface area contributed by atoms with Crippen LogP contribution in [-0.2, 0) is 11.3 Å². The van der Waals surface area contributed by atoms with Crippen molar-refractivity contribution in [2.24, 2.45) is 0 Å². The van der Waals surface area contributed by atoms with Crippen LogP contribution in [0.25, 0.3) is 0 Å². The fourth-order valence-electron chi connectivity index (χ4n) is 2.13. The summed E-state index contributed by atoms with van der Waals surface area (Å²) in [6.07, 6.45) is 3.50. The summed E-state index contributed by atoms with van der Waals surface area (Å²) in [6, 6.07) is 10.1. The van der Waals surface area contributed by atoms with Crippen LogP contribution in [0.2, 0.25) is 0 Å². The van der Waals surface area contributed by atoms with Crippen LogP contribution in [0.4, 0.5) is 0 Å². The van der Waals surface area contributed by atoms with Crippen molar-refractivity contribution < 1.29 is 14.9 Å². The molecule has 1 atom stereocenters. The largest absolute Gasteiger partial charge is 0.393 e. The summed E-state index contributed by atoms with van der Waals surface area (Å²) >= 11 is 0. The molecule has 0 spiro atoms. The first kappa shape index (κ1) is 17.9. The third kappa shape index (κ3) is 9.40. The minimum atomic E-state index is -0.810. The van der Waals surface area contributed by atoms with Gasteiger partial charge in [0.05, 0.1) is 24.9 Å². The van der Waals surface area contributed by atoms with E-state index in [4.69, 9.17) is 4.74 Å². The standard InChI is InChI=1S/C18H28O3/c1-15(9-10-17(19)13-18(2,3)20)11-12-21-14-16-7-5-4-6-8-16/h4-8,11,17,19-20H,9-10,12-14H2,1-3H3/b15-11+. The van der Waals surface area contributed by atoms with Crippen molar-refractivity contribution in [2.45, 2.75) is 58.3 Å². The SMILES string of the molecule is C/C(=C\COCc1ccccc1)CCC(O)CC(C)(C)O. The lowest BCUT2D eigenvalue weighted by Crippen LogP contribution is -2.26. The van der Waals surface area contributed by atoms with E-state index in [2.05, 4.69) is 6.08 Å². The molecule has 0 aliphatic heterocycles. The van der Waals surface area contributed by atoms with Crippen molar-refractivity contribution in [2.75, 3.05) is 6.61 Å². The third-order valence-corrected chi connectivity index (χ3v) is 3.27. The third-order valence-electron chi connectivity index (χ3n) is 3.27. The van der Waals surface area contributed by atoms with Gasteiger partial charge in [0.15, 0.2) is 0 Å². The van der Waals surface area contributed by atoms with Crippen LogP contribution in [0.5, 0.6) is 0 Å². The van der Waals surface area contributed by atoms with Gasteiger partial charge in [-0.3, -0.25) is 0 Å². The fourth-order valence-corrected chi connectivity index (χ4v) is 2.13. The van der Waals surface area contributed by atoms with Gasteiger partial charge in [0.2, 0.25) is 0 Å². The molecule has 118 valence electrons. The molecule has 0 aliphatic rings. The molecule has 1 aromatic carbocycles. The van der Waals surface area contributed by atoms with Crippen LogP contribution in [0, 0.1) is 0 Å². The number of benzene rings is 1. The van der Waals surface area contributed by atoms with Crippen LogP contribution in [0.1, 0.15) is 45.6 Å². The Balaban J connectivity index is 2.18. The summed E-state index contributed by atoms with van der Waals surface area (Å²) in [5.74, 6) is 0. The minimum absolute atomic E-state index is 0.408. The highest BCUT2D eigenvalue weighted by molar-refractivity contribution is 5.13. The highest BCUT2D eigenvalue weighted by Gasteiger charge is 2.18. The van der Waals surface area contributed by atoms with Gasteiger partial charge in [-0.1, -0.05) is 42.0 Å². The maximum Gasteiger partial charge on any atom is 0.0721 e. The molecule has 0 amide bonds. The van der Waals surface area contributed by atoms with Gasteiger partial charge < -0.3 is 14.9 Å². The zero-order chi connectivity index (χ0) is 15.7. The second kappa shape index (κ2) is 8.98. The Morgan fingerprint density at radius 2 is 1.95 bits per heavy atom. The lowest BCUT2D eigenvalue weighted by Gasteiger charge is -2.21. The molecule has 0 fully saturated rings. The van der Waals surface area contributed by atoms with Crippen molar-refractivity contribution in [3.8, 4) is 0 Å². The zero-order valence-electron chi connectivity index (χ0n) is 13.4. The summed E-state index contributed by atoms with van der Waals surface area (Å²) in [5, 5.41) is 19.5. The summed E-state index contributed by atoms with van der Waals surface area (Å²) in [4.78, 5) is 0. The van der Waals surface area contributed by atoms with Crippen LogP contribution in [0.3, 0.4) is 0 Å². The van der Waals surface area contributed by atoms with Gasteiger partial charge in [-0.2, -0.15) is 0 Å². The van der Waals surface area contributed by atoms with Gasteiger partial charge in [0.1, 0.15) is 0 Å². The highest BCUT2D eigenvalue weighted by atomic mass is 16.5. The van der Waals surface area contributed by atoms with Gasteiger partial charge in [0, 0.05) is 6.42 Å². The van der Waals surface area contributed by atoms with Crippen molar-refractivity contribution in [3.63, 3.8) is 0 Å². The first-order valence-corrected chi connectivity index (χ1v) is 7.54. The maximum absolute atomic E-state index is 9.84. The van der Waals surface area contributed by atoms with E-state index in [9.17, 15) is 10.2 Å². The molecule has 0 heterocycles. The van der Waals surface area contributed by atoms with Crippen LogP contribution in [0.15, 0.2) is 42.0 Å². The smallest absolute Gasteiger partial charge is 0.0721 e. The molecule has 3 nitrogen and oxygen atoms in total. The van der Waals surface area contributed by atoms with Crippen LogP contribution < -0.4 is 0 Å². The summed E-state index contributed by atoms with van der Waals surface area (Å²) < 4.78 is 5.60. The zero-order valence-corrected chi connectivity index (χ0v) is 13.4. The van der Waals surface area contributed by atoms with Gasteiger partial charge in [-0.25, -0.2) is 0 Å². The van der Waals surface area contributed by atoms with Gasteiger partial charge in [-0.15, -0.1) is 0 Å². The molecule has 1 aromatic rings. The number of aliphatic hydroxyl groups excluding tert-OH is 1. The Hall–Kier alpha value is -1.16. The predicted octanol–water partition coefficient (Wildman–Crippen LogP) is 3.45. The first-order chi connectivity index (χ1) is 9.87. The summed E-state index contributed by atoms with van der Waals surface area (Å²) in [5.41, 5.74) is 1.57. The van der Waals surface area contributed by atoms with E-state index < -0.39 is 11.7 Å². The fraction of sp³-hybridized carbons (Fsp3) is 0.556. The normalized spacial score (nSPS) is 14.2. The van der Waals surface area contributed by atoms with E-state index in [0.29, 0.717) is 26.1 Å². The van der Waals surface area contributed by atoms with E-state index in [1.807, 2.05) is 37.3 Å². The maximum atomic E-state index is 9.84. The van der Waals surface area contributed by atoms with Crippen molar-refractivity contribution in [3.05, 3.63) is 47.5 Å². The van der Waals surface area contributed by atoms with E-state index in [-0.39, 0.29) is 0 Å². The minimum Gasteiger partial charge on any atom is -0.393 e. The lowest BCUT2D eigenvalue weighted by atomic mass is 9.97. The molecule has 0 radical (unpaired) electrons. The molecular formula is C18H28O3. The van der Waals surface area contributed by atoms with Gasteiger partial charge in [-0.05, 0) is 39.2 Å². The molecule has 1 rings (SSSR count). The number of rotatable bonds is 9. The molecule has 3 heteroatoms. The van der Waals surface area contributed by atoms with E-state index >= 15 is 0 Å². The second-order valence-electron chi connectivity index (χ2n) is 6.26. The Kier molecular flexibility index (Phi) is 7.65. The van der Waals surface area contributed by atoms with Crippen molar-refractivity contribution >= 4 is 0 Å². The Morgan fingerprint density at radius 1 is 1.29 bits per heavy atom. The molecule has 0 aromatic heterocycles. The highest BCUT2D eigenvalue weighted by Crippen LogP contribution is 2.16. The topological polar surface area (TPSA) is 49.7 Å². The van der Waals surface area contributed by atoms with E-state index in [0.717, 1.165) is 6.42 Å². The molecule has 1 unspecified atom stereocenters. The summed E-state index contributed by atoms with van der Waals surface area (Å²) in [6.45, 7) is 6.68. The number of allylic oxidation sites excluding steroid dienone is 1. The molecule has 21 heavy (non-hydrogen) atoms. The number of ether oxygens (including phenoxy) is 1.